The zero-order valence-corrected chi connectivity index (χ0v) is 15.6. The van der Waals surface area contributed by atoms with Gasteiger partial charge in [-0.15, -0.1) is 12.4 Å². The van der Waals surface area contributed by atoms with Crippen LogP contribution in [0, 0.1) is 0 Å². The van der Waals surface area contributed by atoms with Crippen molar-refractivity contribution in [2.45, 2.75) is 24.8 Å². The summed E-state index contributed by atoms with van der Waals surface area (Å²) in [6.07, 6.45) is 0. The van der Waals surface area contributed by atoms with E-state index in [-0.39, 0.29) is 39.9 Å². The van der Waals surface area contributed by atoms with Gasteiger partial charge in [-0.1, -0.05) is 46.1 Å². The molecule has 0 bridgehead atoms. The van der Waals surface area contributed by atoms with E-state index in [1.807, 2.05) is 13.8 Å². The second-order valence-electron chi connectivity index (χ2n) is 4.01. The minimum atomic E-state index is -3.73. The smallest absolute Gasteiger partial charge is 0.243 e. The van der Waals surface area contributed by atoms with Gasteiger partial charge >= 0.3 is 0 Å². The zero-order chi connectivity index (χ0) is 14.6. The van der Waals surface area contributed by atoms with Gasteiger partial charge in [-0.05, 0) is 25.6 Å². The van der Waals surface area contributed by atoms with Crippen LogP contribution < -0.4 is 10.0 Å². The SMILES string of the molecule is CCN[C@H](C)CNS(=O)(=O)c1c(Cl)cc(Br)cc1Cl.Cl. The maximum Gasteiger partial charge on any atom is 0.243 e. The normalized spacial score (nSPS) is 12.8. The maximum absolute atomic E-state index is 12.2. The Bertz CT molecular complexity index is 532. The minimum Gasteiger partial charge on any atom is -0.313 e. The first-order valence-electron chi connectivity index (χ1n) is 5.65. The Hall–Kier alpha value is 0.440. The lowest BCUT2D eigenvalue weighted by atomic mass is 10.3. The van der Waals surface area contributed by atoms with E-state index in [1.165, 1.54) is 12.1 Å². The molecule has 0 saturated carbocycles. The molecule has 1 aromatic rings. The van der Waals surface area contributed by atoms with Gasteiger partial charge in [0.05, 0.1) is 10.0 Å². The fourth-order valence-electron chi connectivity index (χ4n) is 1.51. The molecule has 0 aliphatic heterocycles. The van der Waals surface area contributed by atoms with Crippen LogP contribution in [0.4, 0.5) is 0 Å². The van der Waals surface area contributed by atoms with Crippen LogP contribution in [0.2, 0.25) is 10.0 Å². The summed E-state index contributed by atoms with van der Waals surface area (Å²) >= 11 is 15.1. The predicted octanol–water partition coefficient (Wildman–Crippen LogP) is 3.45. The molecular weight excluding hydrogens is 410 g/mol. The lowest BCUT2D eigenvalue weighted by molar-refractivity contribution is 0.536. The summed E-state index contributed by atoms with van der Waals surface area (Å²) in [5.74, 6) is 0. The molecule has 116 valence electrons. The van der Waals surface area contributed by atoms with E-state index in [4.69, 9.17) is 23.2 Å². The summed E-state index contributed by atoms with van der Waals surface area (Å²) in [7, 11) is -3.73. The molecule has 0 heterocycles. The van der Waals surface area contributed by atoms with Crippen LogP contribution in [-0.2, 0) is 10.0 Å². The van der Waals surface area contributed by atoms with Crippen LogP contribution in [0.25, 0.3) is 0 Å². The van der Waals surface area contributed by atoms with Gasteiger partial charge in [0.15, 0.2) is 0 Å². The summed E-state index contributed by atoms with van der Waals surface area (Å²) in [5.41, 5.74) is 0. The summed E-state index contributed by atoms with van der Waals surface area (Å²) in [4.78, 5) is -0.0947. The van der Waals surface area contributed by atoms with Crippen molar-refractivity contribution in [2.75, 3.05) is 13.1 Å². The Labute approximate surface area is 144 Å². The first kappa shape index (κ1) is 20.4. The Morgan fingerprint density at radius 3 is 2.25 bits per heavy atom. The molecule has 0 unspecified atom stereocenters. The molecule has 0 aliphatic carbocycles. The lowest BCUT2D eigenvalue weighted by Gasteiger charge is -2.15. The average Bonchev–Trinajstić information content (AvgIpc) is 2.25. The first-order valence-corrected chi connectivity index (χ1v) is 8.68. The summed E-state index contributed by atoms with van der Waals surface area (Å²) < 4.78 is 27.5. The van der Waals surface area contributed by atoms with Crippen molar-refractivity contribution in [3.8, 4) is 0 Å². The van der Waals surface area contributed by atoms with Crippen molar-refractivity contribution in [1.29, 1.82) is 0 Å². The molecule has 20 heavy (non-hydrogen) atoms. The van der Waals surface area contributed by atoms with E-state index >= 15 is 0 Å². The minimum absolute atomic E-state index is 0. The lowest BCUT2D eigenvalue weighted by Crippen LogP contribution is -2.38. The molecular formula is C11H16BrCl3N2O2S. The third-order valence-electron chi connectivity index (χ3n) is 2.36. The molecule has 0 radical (unpaired) electrons. The number of sulfonamides is 1. The molecule has 1 rings (SSSR count). The summed E-state index contributed by atoms with van der Waals surface area (Å²) in [5, 5.41) is 3.28. The molecule has 1 aromatic carbocycles. The van der Waals surface area contributed by atoms with Gasteiger partial charge in [-0.3, -0.25) is 0 Å². The van der Waals surface area contributed by atoms with Crippen LogP contribution in [-0.4, -0.2) is 27.5 Å². The van der Waals surface area contributed by atoms with E-state index in [2.05, 4.69) is 26.0 Å². The number of hydrogen-bond acceptors (Lipinski definition) is 3. The van der Waals surface area contributed by atoms with Crippen molar-refractivity contribution in [1.82, 2.24) is 10.0 Å². The van der Waals surface area contributed by atoms with Crippen LogP contribution in [0.15, 0.2) is 21.5 Å². The second-order valence-corrected chi connectivity index (χ2v) is 7.44. The van der Waals surface area contributed by atoms with Gasteiger partial charge in [-0.25, -0.2) is 13.1 Å². The van der Waals surface area contributed by atoms with Gasteiger partial charge in [-0.2, -0.15) is 0 Å². The molecule has 0 amide bonds. The number of hydrogen-bond donors (Lipinski definition) is 2. The van der Waals surface area contributed by atoms with Crippen molar-refractivity contribution < 1.29 is 8.42 Å². The van der Waals surface area contributed by atoms with E-state index in [1.54, 1.807) is 0 Å². The van der Waals surface area contributed by atoms with Crippen LogP contribution in [0.3, 0.4) is 0 Å². The molecule has 0 fully saturated rings. The molecule has 0 spiro atoms. The van der Waals surface area contributed by atoms with Crippen molar-refractivity contribution >= 4 is 61.6 Å². The van der Waals surface area contributed by atoms with Crippen molar-refractivity contribution in [2.24, 2.45) is 0 Å². The Kier molecular flexibility index (Phi) is 8.97. The predicted molar refractivity (Wildman–Crippen MR) is 89.7 cm³/mol. The molecule has 4 nitrogen and oxygen atoms in total. The Morgan fingerprint density at radius 1 is 1.30 bits per heavy atom. The van der Waals surface area contributed by atoms with Gasteiger partial charge in [0.1, 0.15) is 4.90 Å². The van der Waals surface area contributed by atoms with Crippen LogP contribution >= 0.6 is 51.5 Å². The highest BCUT2D eigenvalue weighted by Crippen LogP contribution is 2.32. The van der Waals surface area contributed by atoms with Crippen LogP contribution in [0.1, 0.15) is 13.8 Å². The standard InChI is InChI=1S/C11H15BrCl2N2O2S.ClH/c1-3-15-7(2)6-16-19(17,18)11-9(13)4-8(12)5-10(11)14;/h4-5,7,15-16H,3,6H2,1-2H3;1H/t7-;/m1./s1. The highest BCUT2D eigenvalue weighted by atomic mass is 79.9. The molecule has 2 N–H and O–H groups in total. The average molecular weight is 427 g/mol. The number of nitrogens with one attached hydrogen (secondary N) is 2. The monoisotopic (exact) mass is 424 g/mol. The number of rotatable bonds is 6. The fraction of sp³-hybridized carbons (Fsp3) is 0.455. The maximum atomic E-state index is 12.2. The van der Waals surface area contributed by atoms with Gasteiger partial charge in [0.2, 0.25) is 10.0 Å². The third-order valence-corrected chi connectivity index (χ3v) is 5.17. The van der Waals surface area contributed by atoms with Crippen molar-refractivity contribution in [3.05, 3.63) is 26.7 Å². The zero-order valence-electron chi connectivity index (χ0n) is 10.9. The molecule has 1 atom stereocenters. The topological polar surface area (TPSA) is 58.2 Å². The largest absolute Gasteiger partial charge is 0.313 e. The quantitative estimate of drug-likeness (QED) is 0.733. The number of halogens is 4. The van der Waals surface area contributed by atoms with Gasteiger partial charge < -0.3 is 5.32 Å². The molecule has 9 heteroatoms. The van der Waals surface area contributed by atoms with E-state index < -0.39 is 10.0 Å². The Balaban J connectivity index is 0.00000361. The third kappa shape index (κ3) is 5.67. The van der Waals surface area contributed by atoms with Gasteiger partial charge in [0, 0.05) is 17.1 Å². The Morgan fingerprint density at radius 2 is 1.80 bits per heavy atom. The van der Waals surface area contributed by atoms with E-state index in [0.717, 1.165) is 6.54 Å². The summed E-state index contributed by atoms with van der Waals surface area (Å²) in [6, 6.07) is 3.01. The van der Waals surface area contributed by atoms with E-state index in [9.17, 15) is 8.42 Å². The first-order chi connectivity index (χ1) is 8.77. The molecule has 0 aromatic heterocycles. The number of likely N-dealkylation sites (N-methyl/N-ethyl adjacent to an activating group) is 1. The number of benzene rings is 1. The van der Waals surface area contributed by atoms with Crippen LogP contribution in [0.5, 0.6) is 0 Å². The van der Waals surface area contributed by atoms with Crippen molar-refractivity contribution in [3.63, 3.8) is 0 Å². The summed E-state index contributed by atoms with van der Waals surface area (Å²) in [6.45, 7) is 4.87. The second kappa shape index (κ2) is 8.78. The fourth-order valence-corrected chi connectivity index (χ4v) is 4.58. The highest BCUT2D eigenvalue weighted by molar-refractivity contribution is 9.10. The molecule has 0 saturated heterocycles. The van der Waals surface area contributed by atoms with E-state index in [0.29, 0.717) is 4.47 Å². The van der Waals surface area contributed by atoms with Gasteiger partial charge in [0.25, 0.3) is 0 Å². The highest BCUT2D eigenvalue weighted by Gasteiger charge is 2.22. The molecule has 0 aliphatic rings.